The van der Waals surface area contributed by atoms with Gasteiger partial charge in [-0.2, -0.15) is 0 Å². The molecule has 6 unspecified atom stereocenters. The minimum absolute atomic E-state index is 0.0487. The van der Waals surface area contributed by atoms with E-state index in [1.807, 2.05) is 0 Å². The zero-order chi connectivity index (χ0) is 35.1. The minimum atomic E-state index is -5.08. The molecule has 1 aliphatic rings. The monoisotopic (exact) mass is 696 g/mol. The fourth-order valence-electron chi connectivity index (χ4n) is 5.20. The number of ether oxygens (including phenoxy) is 2. The number of carbonyl (C=O) groups excluding carboxylic acids is 2. The summed E-state index contributed by atoms with van der Waals surface area (Å²) in [7, 11) is -5.08. The number of hydrogen-bond donors (Lipinski definition) is 6. The number of rotatable bonds is 27. The number of phosphoric acid groups is 1. The minimum Gasteiger partial charge on any atom is -0.462 e. The molecule has 0 aromatic rings. The van der Waals surface area contributed by atoms with Crippen LogP contribution in [0.15, 0.2) is 12.2 Å². The summed E-state index contributed by atoms with van der Waals surface area (Å²) in [6.45, 7) is 2.61. The molecule has 1 aliphatic carbocycles. The van der Waals surface area contributed by atoms with Crippen LogP contribution in [-0.2, 0) is 32.7 Å². The Labute approximate surface area is 280 Å². The van der Waals surface area contributed by atoms with Crippen molar-refractivity contribution in [2.75, 3.05) is 13.2 Å². The predicted octanol–water partition coefficient (Wildman–Crippen LogP) is 4.38. The second-order valence-electron chi connectivity index (χ2n) is 12.3. The molecular formula is C33H61O13P. The zero-order valence-corrected chi connectivity index (χ0v) is 29.2. The van der Waals surface area contributed by atoms with E-state index in [1.54, 1.807) is 6.92 Å². The van der Waals surface area contributed by atoms with Crippen LogP contribution in [0.3, 0.4) is 0 Å². The number of carbonyl (C=O) groups is 2. The first-order valence-electron chi connectivity index (χ1n) is 17.5. The van der Waals surface area contributed by atoms with Crippen molar-refractivity contribution < 1.29 is 63.1 Å². The van der Waals surface area contributed by atoms with Crippen LogP contribution in [0.4, 0.5) is 0 Å². The maximum Gasteiger partial charge on any atom is 0.472 e. The van der Waals surface area contributed by atoms with Crippen LogP contribution < -0.4 is 0 Å². The van der Waals surface area contributed by atoms with E-state index >= 15 is 0 Å². The lowest BCUT2D eigenvalue weighted by molar-refractivity contribution is -0.220. The third-order valence-electron chi connectivity index (χ3n) is 8.16. The molecule has 0 spiro atoms. The van der Waals surface area contributed by atoms with Gasteiger partial charge < -0.3 is 39.9 Å². The number of unbranched alkanes of at least 4 members (excludes halogenated alkanes) is 14. The molecule has 0 aromatic heterocycles. The average Bonchev–Trinajstić information content (AvgIpc) is 3.05. The Kier molecular flexibility index (Phi) is 23.7. The average molecular weight is 697 g/mol. The Morgan fingerprint density at radius 2 is 1.13 bits per heavy atom. The Hall–Kier alpha value is -1.41. The molecule has 6 N–H and O–H groups in total. The van der Waals surface area contributed by atoms with Gasteiger partial charge in [0.1, 0.15) is 43.2 Å². The molecule has 276 valence electrons. The molecule has 1 fully saturated rings. The predicted molar refractivity (Wildman–Crippen MR) is 175 cm³/mol. The van der Waals surface area contributed by atoms with Crippen molar-refractivity contribution in [3.05, 3.63) is 12.2 Å². The number of esters is 2. The fraction of sp³-hybridized carbons (Fsp3) is 0.879. The van der Waals surface area contributed by atoms with Gasteiger partial charge in [0.15, 0.2) is 6.10 Å². The first-order chi connectivity index (χ1) is 22.4. The van der Waals surface area contributed by atoms with E-state index < -0.39 is 75.7 Å². The smallest absolute Gasteiger partial charge is 0.462 e. The van der Waals surface area contributed by atoms with Gasteiger partial charge in [-0.3, -0.25) is 18.6 Å². The SMILES string of the molecule is CCCCCCCCC/C=C\CCCCCCCCCC(=O)OC(COC(=O)CC)COP(=O)(O)OC1C(O)C(O)C(O)C(O)C1O. The van der Waals surface area contributed by atoms with Gasteiger partial charge in [0, 0.05) is 12.8 Å². The van der Waals surface area contributed by atoms with Crippen LogP contribution in [0.25, 0.3) is 0 Å². The van der Waals surface area contributed by atoms with Crippen LogP contribution >= 0.6 is 7.82 Å². The summed E-state index contributed by atoms with van der Waals surface area (Å²) >= 11 is 0. The molecule has 0 saturated heterocycles. The van der Waals surface area contributed by atoms with Crippen molar-refractivity contribution in [2.45, 2.75) is 172 Å². The largest absolute Gasteiger partial charge is 0.472 e. The number of aliphatic hydroxyl groups is 5. The van der Waals surface area contributed by atoms with Crippen LogP contribution in [0.1, 0.15) is 129 Å². The fourth-order valence-corrected chi connectivity index (χ4v) is 6.17. The molecule has 0 amide bonds. The molecule has 13 nitrogen and oxygen atoms in total. The van der Waals surface area contributed by atoms with E-state index in [4.69, 9.17) is 18.5 Å². The van der Waals surface area contributed by atoms with Gasteiger partial charge in [-0.1, -0.05) is 96.6 Å². The first kappa shape index (κ1) is 43.6. The second kappa shape index (κ2) is 25.5. The molecule has 0 heterocycles. The van der Waals surface area contributed by atoms with Gasteiger partial charge in [0.2, 0.25) is 0 Å². The van der Waals surface area contributed by atoms with Crippen LogP contribution in [0.2, 0.25) is 0 Å². The van der Waals surface area contributed by atoms with Crippen LogP contribution in [0, 0.1) is 0 Å². The maximum atomic E-state index is 12.5. The van der Waals surface area contributed by atoms with Crippen LogP contribution in [0.5, 0.6) is 0 Å². The number of phosphoric ester groups is 1. The molecule has 0 aliphatic heterocycles. The standard InChI is InChI=1S/C33H61O13P/c1-3-5-6-7-8-9-10-11-12-13-14-15-16-17-18-19-20-21-22-27(35)45-25(23-43-26(34)4-2)24-44-47(41,42)46-33-31(39)29(37)28(36)30(38)32(33)40/h12-13,25,28-33,36-40H,3-11,14-24H2,1-2H3,(H,41,42)/b13-12-. The Bertz CT molecular complexity index is 901. The normalized spacial score (nSPS) is 25.0. The summed E-state index contributed by atoms with van der Waals surface area (Å²) in [5, 5.41) is 49.4. The van der Waals surface area contributed by atoms with Crippen molar-refractivity contribution in [2.24, 2.45) is 0 Å². The summed E-state index contributed by atoms with van der Waals surface area (Å²) < 4.78 is 32.5. The molecule has 0 aromatic carbocycles. The molecule has 1 rings (SSSR count). The highest BCUT2D eigenvalue weighted by molar-refractivity contribution is 7.47. The number of aliphatic hydroxyl groups excluding tert-OH is 5. The van der Waals surface area contributed by atoms with Crippen molar-refractivity contribution in [3.8, 4) is 0 Å². The lowest BCUT2D eigenvalue weighted by Crippen LogP contribution is -2.64. The van der Waals surface area contributed by atoms with E-state index in [1.165, 1.54) is 64.2 Å². The van der Waals surface area contributed by atoms with E-state index in [0.717, 1.165) is 32.1 Å². The van der Waals surface area contributed by atoms with Gasteiger partial charge >= 0.3 is 19.8 Å². The van der Waals surface area contributed by atoms with Gasteiger partial charge in [-0.15, -0.1) is 0 Å². The molecule has 1 saturated carbocycles. The summed E-state index contributed by atoms with van der Waals surface area (Å²) in [5.41, 5.74) is 0. The summed E-state index contributed by atoms with van der Waals surface area (Å²) in [6, 6.07) is 0. The molecular weight excluding hydrogens is 635 g/mol. The highest BCUT2D eigenvalue weighted by Gasteiger charge is 2.51. The molecule has 14 heteroatoms. The zero-order valence-electron chi connectivity index (χ0n) is 28.3. The van der Waals surface area contributed by atoms with Gasteiger partial charge in [0.25, 0.3) is 0 Å². The van der Waals surface area contributed by atoms with Crippen molar-refractivity contribution in [1.82, 2.24) is 0 Å². The Morgan fingerprint density at radius 1 is 0.660 bits per heavy atom. The van der Waals surface area contributed by atoms with Gasteiger partial charge in [-0.05, 0) is 32.1 Å². The highest BCUT2D eigenvalue weighted by atomic mass is 31.2. The van der Waals surface area contributed by atoms with Crippen molar-refractivity contribution in [3.63, 3.8) is 0 Å². The second-order valence-corrected chi connectivity index (χ2v) is 13.7. The van der Waals surface area contributed by atoms with E-state index in [-0.39, 0.29) is 12.8 Å². The number of allylic oxidation sites excluding steroid dienone is 2. The van der Waals surface area contributed by atoms with E-state index in [0.29, 0.717) is 6.42 Å². The first-order valence-corrected chi connectivity index (χ1v) is 19.0. The summed E-state index contributed by atoms with van der Waals surface area (Å²) in [6.07, 6.45) is 10.1. The maximum absolute atomic E-state index is 12.5. The quantitative estimate of drug-likeness (QED) is 0.0305. The third kappa shape index (κ3) is 19.4. The molecule has 0 radical (unpaired) electrons. The van der Waals surface area contributed by atoms with E-state index in [2.05, 4.69) is 19.1 Å². The number of hydrogen-bond acceptors (Lipinski definition) is 12. The van der Waals surface area contributed by atoms with E-state index in [9.17, 15) is 44.6 Å². The highest BCUT2D eigenvalue weighted by Crippen LogP contribution is 2.47. The van der Waals surface area contributed by atoms with Crippen molar-refractivity contribution >= 4 is 19.8 Å². The van der Waals surface area contributed by atoms with Crippen LogP contribution in [-0.4, -0.2) is 98.3 Å². The lowest BCUT2D eigenvalue weighted by Gasteiger charge is -2.41. The van der Waals surface area contributed by atoms with Gasteiger partial charge in [-0.25, -0.2) is 4.57 Å². The van der Waals surface area contributed by atoms with Gasteiger partial charge in [0.05, 0.1) is 6.61 Å². The summed E-state index contributed by atoms with van der Waals surface area (Å²) in [4.78, 5) is 34.2. The molecule has 6 atom stereocenters. The van der Waals surface area contributed by atoms with Crippen molar-refractivity contribution in [1.29, 1.82) is 0 Å². The Balaban J connectivity index is 2.30. The topological polar surface area (TPSA) is 210 Å². The molecule has 47 heavy (non-hydrogen) atoms. The third-order valence-corrected chi connectivity index (χ3v) is 9.15. The Morgan fingerprint density at radius 3 is 1.64 bits per heavy atom. The molecule has 0 bridgehead atoms. The summed E-state index contributed by atoms with van der Waals surface area (Å²) in [5.74, 6) is -1.20. The lowest BCUT2D eigenvalue weighted by atomic mass is 9.85.